The van der Waals surface area contributed by atoms with E-state index in [1.54, 1.807) is 20.1 Å². The topological polar surface area (TPSA) is 68.5 Å². The zero-order valence-electron chi connectivity index (χ0n) is 13.5. The molecule has 2 aromatic rings. The van der Waals surface area contributed by atoms with Gasteiger partial charge in [-0.25, -0.2) is 4.98 Å². The predicted octanol–water partition coefficient (Wildman–Crippen LogP) is 4.41. The van der Waals surface area contributed by atoms with Gasteiger partial charge in [-0.3, -0.25) is 10.1 Å². The van der Waals surface area contributed by atoms with Crippen molar-refractivity contribution >= 4 is 27.4 Å². The number of methoxy groups -OCH3 is 1. The lowest BCUT2D eigenvalue weighted by Gasteiger charge is -2.27. The summed E-state index contributed by atoms with van der Waals surface area (Å²) in [4.78, 5) is 17.1. The molecule has 1 aliphatic rings. The Balaban J connectivity index is 1.98. The number of ether oxygens (including phenoxy) is 1. The number of rotatable bonds is 4. The maximum Gasteiger partial charge on any atom is 0.290 e. The number of benzene rings is 1. The first-order valence-electron chi connectivity index (χ1n) is 7.72. The minimum Gasteiger partial charge on any atom is -0.496 e. The first-order valence-corrected chi connectivity index (χ1v) is 8.51. The first-order chi connectivity index (χ1) is 11.5. The number of pyridine rings is 1. The van der Waals surface area contributed by atoms with E-state index < -0.39 is 4.92 Å². The molecule has 2 heterocycles. The van der Waals surface area contributed by atoms with Crippen molar-refractivity contribution < 1.29 is 9.66 Å². The molecule has 3 rings (SSSR count). The number of anilines is 1. The van der Waals surface area contributed by atoms with Crippen LogP contribution < -0.4 is 9.64 Å². The molecular weight excluding hydrogens is 374 g/mol. The molecule has 0 saturated carbocycles. The van der Waals surface area contributed by atoms with Gasteiger partial charge in [-0.1, -0.05) is 15.9 Å². The Kier molecular flexibility index (Phi) is 4.71. The highest BCUT2D eigenvalue weighted by Crippen LogP contribution is 2.40. The number of halogens is 1. The fraction of sp³-hybridized carbons (Fsp3) is 0.353. The molecule has 0 amide bonds. The van der Waals surface area contributed by atoms with Gasteiger partial charge in [-0.2, -0.15) is 0 Å². The molecule has 6 nitrogen and oxygen atoms in total. The van der Waals surface area contributed by atoms with Crippen molar-refractivity contribution in [1.82, 2.24) is 4.98 Å². The smallest absolute Gasteiger partial charge is 0.290 e. The molecule has 1 aromatic carbocycles. The summed E-state index contributed by atoms with van der Waals surface area (Å²) in [7, 11) is 1.67. The number of aromatic nitrogens is 1. The minimum absolute atomic E-state index is 0.0505. The summed E-state index contributed by atoms with van der Waals surface area (Å²) in [6, 6.07) is 7.91. The first kappa shape index (κ1) is 16.7. The third-order valence-electron chi connectivity index (χ3n) is 4.36. The number of aryl methyl sites for hydroxylation is 1. The number of nitro groups is 1. The van der Waals surface area contributed by atoms with Crippen LogP contribution in [0, 0.1) is 17.0 Å². The van der Waals surface area contributed by atoms with Gasteiger partial charge in [-0.15, -0.1) is 0 Å². The van der Waals surface area contributed by atoms with Crippen LogP contribution in [0.4, 0.5) is 11.5 Å². The fourth-order valence-corrected chi connectivity index (χ4v) is 3.59. The predicted molar refractivity (Wildman–Crippen MR) is 95.6 cm³/mol. The number of hydrogen-bond acceptors (Lipinski definition) is 5. The lowest BCUT2D eigenvalue weighted by atomic mass is 10.0. The number of hydrogen-bond donors (Lipinski definition) is 0. The Morgan fingerprint density at radius 2 is 2.21 bits per heavy atom. The van der Waals surface area contributed by atoms with Crippen LogP contribution in [0.3, 0.4) is 0 Å². The largest absolute Gasteiger partial charge is 0.496 e. The molecule has 1 aromatic heterocycles. The van der Waals surface area contributed by atoms with E-state index in [2.05, 4.69) is 31.9 Å². The highest BCUT2D eigenvalue weighted by Gasteiger charge is 2.30. The van der Waals surface area contributed by atoms with E-state index in [4.69, 9.17) is 4.74 Å². The van der Waals surface area contributed by atoms with Crippen LogP contribution in [0.5, 0.6) is 5.75 Å². The molecule has 7 heteroatoms. The highest BCUT2D eigenvalue weighted by molar-refractivity contribution is 9.10. The van der Waals surface area contributed by atoms with E-state index in [9.17, 15) is 10.1 Å². The van der Waals surface area contributed by atoms with E-state index in [1.165, 1.54) is 6.20 Å². The van der Waals surface area contributed by atoms with Gasteiger partial charge in [0.2, 0.25) is 0 Å². The molecule has 1 saturated heterocycles. The van der Waals surface area contributed by atoms with Crippen LogP contribution in [0.25, 0.3) is 0 Å². The fourth-order valence-electron chi connectivity index (χ4n) is 3.21. The molecular formula is C17H18BrN3O3. The van der Waals surface area contributed by atoms with Crippen molar-refractivity contribution in [3.8, 4) is 5.75 Å². The highest BCUT2D eigenvalue weighted by atomic mass is 79.9. The second kappa shape index (κ2) is 6.76. The Morgan fingerprint density at radius 3 is 2.88 bits per heavy atom. The second-order valence-corrected chi connectivity index (χ2v) is 6.74. The van der Waals surface area contributed by atoms with E-state index in [-0.39, 0.29) is 11.7 Å². The summed E-state index contributed by atoms with van der Waals surface area (Å²) in [6.45, 7) is 2.61. The average Bonchev–Trinajstić information content (AvgIpc) is 3.03. The van der Waals surface area contributed by atoms with Crippen LogP contribution >= 0.6 is 15.9 Å². The van der Waals surface area contributed by atoms with E-state index >= 15 is 0 Å². The average molecular weight is 392 g/mol. The van der Waals surface area contributed by atoms with Crippen molar-refractivity contribution in [2.24, 2.45) is 0 Å². The molecule has 1 unspecified atom stereocenters. The van der Waals surface area contributed by atoms with Gasteiger partial charge in [0.15, 0.2) is 0 Å². The van der Waals surface area contributed by atoms with Crippen molar-refractivity contribution in [3.05, 3.63) is 56.2 Å². The summed E-state index contributed by atoms with van der Waals surface area (Å²) < 4.78 is 6.51. The molecule has 1 aliphatic heterocycles. The zero-order valence-corrected chi connectivity index (χ0v) is 15.1. The summed E-state index contributed by atoms with van der Waals surface area (Å²) >= 11 is 3.52. The Labute approximate surface area is 148 Å². The second-order valence-electron chi connectivity index (χ2n) is 5.82. The number of nitrogens with zero attached hydrogens (tertiary/aromatic N) is 3. The third-order valence-corrected chi connectivity index (χ3v) is 4.86. The summed E-state index contributed by atoms with van der Waals surface area (Å²) in [6.07, 6.45) is 3.38. The van der Waals surface area contributed by atoms with Crippen LogP contribution in [-0.4, -0.2) is 23.6 Å². The standard InChI is InChI=1S/C17H18BrN3O3/c1-11-8-17(19-10-15(11)21(22)23)20-7-3-4-14(20)13-9-12(18)5-6-16(13)24-2/h5-6,8-10,14H,3-4,7H2,1-2H3. The SMILES string of the molecule is COc1ccc(Br)cc1C1CCCN1c1cc(C)c([N+](=O)[O-])cn1. The molecule has 24 heavy (non-hydrogen) atoms. The Bertz CT molecular complexity index is 782. The summed E-state index contributed by atoms with van der Waals surface area (Å²) in [5, 5.41) is 11.0. The van der Waals surface area contributed by atoms with Gasteiger partial charge in [-0.05, 0) is 44.0 Å². The van der Waals surface area contributed by atoms with Gasteiger partial charge < -0.3 is 9.64 Å². The maximum atomic E-state index is 11.0. The monoisotopic (exact) mass is 391 g/mol. The van der Waals surface area contributed by atoms with Crippen molar-refractivity contribution in [2.75, 3.05) is 18.6 Å². The van der Waals surface area contributed by atoms with Gasteiger partial charge >= 0.3 is 0 Å². The quantitative estimate of drug-likeness (QED) is 0.570. The van der Waals surface area contributed by atoms with E-state index in [0.717, 1.165) is 41.0 Å². The zero-order chi connectivity index (χ0) is 17.3. The van der Waals surface area contributed by atoms with Crippen LogP contribution in [0.1, 0.15) is 30.0 Å². The van der Waals surface area contributed by atoms with Crippen molar-refractivity contribution in [2.45, 2.75) is 25.8 Å². The molecule has 1 fully saturated rings. The lowest BCUT2D eigenvalue weighted by Crippen LogP contribution is -2.24. The van der Waals surface area contributed by atoms with Gasteiger partial charge in [0.1, 0.15) is 17.8 Å². The Morgan fingerprint density at radius 1 is 1.42 bits per heavy atom. The van der Waals surface area contributed by atoms with Crippen LogP contribution in [0.2, 0.25) is 0 Å². The van der Waals surface area contributed by atoms with Gasteiger partial charge in [0, 0.05) is 22.1 Å². The van der Waals surface area contributed by atoms with Gasteiger partial charge in [0.25, 0.3) is 5.69 Å². The van der Waals surface area contributed by atoms with Crippen molar-refractivity contribution in [3.63, 3.8) is 0 Å². The van der Waals surface area contributed by atoms with Crippen molar-refractivity contribution in [1.29, 1.82) is 0 Å². The third kappa shape index (κ3) is 3.08. The van der Waals surface area contributed by atoms with Crippen LogP contribution in [-0.2, 0) is 0 Å². The summed E-state index contributed by atoms with van der Waals surface area (Å²) in [5.41, 5.74) is 1.77. The van der Waals surface area contributed by atoms with E-state index in [1.807, 2.05) is 12.1 Å². The molecule has 0 radical (unpaired) electrons. The van der Waals surface area contributed by atoms with E-state index in [0.29, 0.717) is 5.56 Å². The molecule has 0 spiro atoms. The molecule has 0 bridgehead atoms. The molecule has 1 atom stereocenters. The van der Waals surface area contributed by atoms with Gasteiger partial charge in [0.05, 0.1) is 18.1 Å². The van der Waals surface area contributed by atoms with Crippen LogP contribution in [0.15, 0.2) is 34.9 Å². The molecule has 0 aliphatic carbocycles. The Hall–Kier alpha value is -2.15. The summed E-state index contributed by atoms with van der Waals surface area (Å²) in [5.74, 6) is 1.61. The maximum absolute atomic E-state index is 11.0. The normalized spacial score (nSPS) is 17.1. The lowest BCUT2D eigenvalue weighted by molar-refractivity contribution is -0.385. The minimum atomic E-state index is -0.398. The molecule has 0 N–H and O–H groups in total. The molecule has 126 valence electrons.